The molecule has 36 heavy (non-hydrogen) atoms. The summed E-state index contributed by atoms with van der Waals surface area (Å²) in [5.74, 6) is -1.08. The molecule has 0 aromatic heterocycles. The molecule has 0 bridgehead atoms. The van der Waals surface area contributed by atoms with Crippen molar-refractivity contribution in [2.24, 2.45) is 27.8 Å². The van der Waals surface area contributed by atoms with Gasteiger partial charge in [-0.15, -0.1) is 0 Å². The third kappa shape index (κ3) is 3.27. The summed E-state index contributed by atoms with van der Waals surface area (Å²) in [6, 6.07) is 0.632. The summed E-state index contributed by atoms with van der Waals surface area (Å²) in [6.45, 7) is 0. The summed E-state index contributed by atoms with van der Waals surface area (Å²) in [7, 11) is 6.77. The van der Waals surface area contributed by atoms with E-state index in [1.807, 2.05) is 0 Å². The zero-order chi connectivity index (χ0) is 26.9. The smallest absolute Gasteiger partial charge is 0.256 e. The first-order valence-corrected chi connectivity index (χ1v) is 11.4. The average molecular weight is 518 g/mol. The molecule has 13 heteroatoms. The van der Waals surface area contributed by atoms with Crippen molar-refractivity contribution in [2.75, 3.05) is 33.1 Å². The first-order chi connectivity index (χ1) is 16.8. The number of aliphatic hydroxyl groups is 2. The van der Waals surface area contributed by atoms with Gasteiger partial charge in [0.1, 0.15) is 17.0 Å². The molecule has 1 fully saturated rings. The summed E-state index contributed by atoms with van der Waals surface area (Å²) < 4.78 is 3.64. The van der Waals surface area contributed by atoms with Crippen molar-refractivity contribution >= 4 is 47.0 Å². The molecule has 1 aromatic carbocycles. The number of hydrogen-bond donors (Lipinski definition) is 5. The summed E-state index contributed by atoms with van der Waals surface area (Å²) >= 11 is 4.76. The third-order valence-corrected chi connectivity index (χ3v) is 7.56. The molecule has 7 N–H and O–H groups in total. The summed E-state index contributed by atoms with van der Waals surface area (Å²) in [4.78, 5) is 47.8. The Bertz CT molecular complexity index is 1290. The highest BCUT2D eigenvalue weighted by Crippen LogP contribution is 2.54. The Balaban J connectivity index is 2.01. The van der Waals surface area contributed by atoms with Gasteiger partial charge in [-0.3, -0.25) is 19.3 Å². The maximum atomic E-state index is 13.9. The number of aliphatic hydroxyl groups excluding tert-OH is 1. The van der Waals surface area contributed by atoms with Gasteiger partial charge in [0.15, 0.2) is 17.1 Å². The van der Waals surface area contributed by atoms with Gasteiger partial charge >= 0.3 is 0 Å². The van der Waals surface area contributed by atoms with E-state index in [2.05, 4.69) is 4.36 Å². The molecule has 0 unspecified atom stereocenters. The first-order valence-electron chi connectivity index (χ1n) is 11.0. The number of phenolic OH excluding ortho intramolecular Hbond substituents is 1. The van der Waals surface area contributed by atoms with Crippen LogP contribution in [0, 0.1) is 11.8 Å². The van der Waals surface area contributed by atoms with Crippen molar-refractivity contribution in [1.82, 2.24) is 4.90 Å². The van der Waals surface area contributed by atoms with Crippen LogP contribution < -0.4 is 16.5 Å². The summed E-state index contributed by atoms with van der Waals surface area (Å²) in [5, 5.41) is 33.8. The molecule has 1 aromatic rings. The van der Waals surface area contributed by atoms with Crippen molar-refractivity contribution in [3.05, 3.63) is 34.1 Å². The maximum absolute atomic E-state index is 13.9. The number of rotatable bonds is 5. The molecular weight excluding hydrogens is 490 g/mol. The molecule has 3 aliphatic carbocycles. The van der Waals surface area contributed by atoms with E-state index < -0.39 is 58.0 Å². The minimum atomic E-state index is -2.72. The van der Waals surface area contributed by atoms with E-state index in [1.165, 1.54) is 0 Å². The fourth-order valence-corrected chi connectivity index (χ4v) is 5.99. The predicted octanol–water partition coefficient (Wildman–Crippen LogP) is -0.276. The molecule has 0 aliphatic heterocycles. The number of Topliss-reactive ketones (excluding diaryl/α,β-unsaturated/α-hetero) is 2. The lowest BCUT2D eigenvalue weighted by Crippen LogP contribution is -2.67. The topological polar surface area (TPSA) is 192 Å². The van der Waals surface area contributed by atoms with Gasteiger partial charge < -0.3 is 30.8 Å². The SMILES string of the molecule is CN(C)c1cc(N=S)c(O)c2c1C[C@H]1C[C@H]3[C@H](N(C)C)C(ON)=C(C(N)=O)C(=O)[C@@]3(O)C(=O)C1=C2O. The number of aromatic hydroxyl groups is 1. The van der Waals surface area contributed by atoms with Crippen LogP contribution in [-0.2, 0) is 38.1 Å². The van der Waals surface area contributed by atoms with Gasteiger partial charge in [-0.05, 0) is 44.5 Å². The van der Waals surface area contributed by atoms with Crippen LogP contribution >= 0.6 is 0 Å². The second-order valence-electron chi connectivity index (χ2n) is 9.66. The van der Waals surface area contributed by atoms with Crippen molar-refractivity contribution in [3.8, 4) is 5.75 Å². The number of likely N-dealkylation sites (N-methyl/N-ethyl adjacent to an activating group) is 1. The summed E-state index contributed by atoms with van der Waals surface area (Å²) in [6.07, 6.45) is 0.251. The minimum absolute atomic E-state index is 0.0167. The lowest BCUT2D eigenvalue weighted by molar-refractivity contribution is -0.162. The Morgan fingerprint density at radius 3 is 2.36 bits per heavy atom. The van der Waals surface area contributed by atoms with E-state index >= 15 is 0 Å². The largest absolute Gasteiger partial charge is 0.507 e. The van der Waals surface area contributed by atoms with Gasteiger partial charge in [-0.2, -0.15) is 10.3 Å². The monoisotopic (exact) mass is 517 g/mol. The molecular formula is C23H27N5O7S. The van der Waals surface area contributed by atoms with Crippen molar-refractivity contribution in [3.63, 3.8) is 0 Å². The Hall–Kier alpha value is -3.39. The van der Waals surface area contributed by atoms with E-state index in [0.717, 1.165) is 0 Å². The van der Waals surface area contributed by atoms with E-state index in [-0.39, 0.29) is 35.4 Å². The number of benzene rings is 1. The number of carbonyl (C=O) groups is 3. The van der Waals surface area contributed by atoms with Gasteiger partial charge in [0, 0.05) is 43.7 Å². The Morgan fingerprint density at radius 2 is 1.86 bits per heavy atom. The Kier molecular flexibility index (Phi) is 6.15. The highest BCUT2D eigenvalue weighted by molar-refractivity contribution is 7.47. The first kappa shape index (κ1) is 25.7. The number of amides is 1. The van der Waals surface area contributed by atoms with Gasteiger partial charge in [-0.1, -0.05) is 0 Å². The number of fused-ring (bicyclic) bond motifs is 3. The quantitative estimate of drug-likeness (QED) is 0.196. The average Bonchev–Trinajstić information content (AvgIpc) is 2.80. The van der Waals surface area contributed by atoms with Crippen molar-refractivity contribution < 1.29 is 34.5 Å². The molecule has 0 spiro atoms. The molecule has 1 saturated carbocycles. The van der Waals surface area contributed by atoms with Crippen LogP contribution in [0.25, 0.3) is 5.76 Å². The molecule has 4 rings (SSSR count). The number of primary amides is 1. The molecule has 0 saturated heterocycles. The van der Waals surface area contributed by atoms with Gasteiger partial charge in [0.2, 0.25) is 11.6 Å². The standard InChI is InChI=1S/C23H27N5O7S/c1-27(2)12-7-11(26-36)17(29)14-9(12)5-8-6-10-16(28(3)4)19(35-25)15(22(24)33)21(32)23(10,34)20(31)13(8)18(14)30/h7-8,10,16,29-30,34H,5-6,25H2,1-4H3,(H2,24,33)/t8-,10-,16-,23-/m0/s1. The van der Waals surface area contributed by atoms with Crippen LogP contribution in [0.5, 0.6) is 5.75 Å². The highest BCUT2D eigenvalue weighted by Gasteiger charge is 2.65. The number of nitrogens with zero attached hydrogens (tertiary/aromatic N) is 3. The second-order valence-corrected chi connectivity index (χ2v) is 9.85. The van der Waals surface area contributed by atoms with Gasteiger partial charge in [-0.25, -0.2) is 0 Å². The molecule has 0 heterocycles. The van der Waals surface area contributed by atoms with Crippen LogP contribution in [0.2, 0.25) is 0 Å². The lowest BCUT2D eigenvalue weighted by atomic mass is 9.57. The number of carbonyl (C=O) groups excluding carboxylic acids is 3. The third-order valence-electron chi connectivity index (χ3n) is 7.36. The summed E-state index contributed by atoms with van der Waals surface area (Å²) in [5.41, 5.74) is 2.89. The van der Waals surface area contributed by atoms with Crippen LogP contribution in [0.3, 0.4) is 0 Å². The zero-order valence-corrected chi connectivity index (χ0v) is 20.9. The molecule has 12 nitrogen and oxygen atoms in total. The van der Waals surface area contributed by atoms with Gasteiger partial charge in [0.25, 0.3) is 5.91 Å². The van der Waals surface area contributed by atoms with E-state index in [9.17, 15) is 29.7 Å². The highest BCUT2D eigenvalue weighted by atomic mass is 32.1. The van der Waals surface area contributed by atoms with Crippen LogP contribution in [0.15, 0.2) is 27.3 Å². The number of nitrogens with two attached hydrogens (primary N) is 2. The van der Waals surface area contributed by atoms with Crippen molar-refractivity contribution in [2.45, 2.75) is 24.5 Å². The van der Waals surface area contributed by atoms with E-state index in [4.69, 9.17) is 28.9 Å². The fraction of sp³-hybridized carbons (Fsp3) is 0.435. The molecule has 1 amide bonds. The van der Waals surface area contributed by atoms with Crippen LogP contribution in [-0.4, -0.2) is 77.5 Å². The number of hydrogen-bond acceptors (Lipinski definition) is 12. The Labute approximate surface area is 211 Å². The predicted molar refractivity (Wildman–Crippen MR) is 131 cm³/mol. The molecule has 0 radical (unpaired) electrons. The van der Waals surface area contributed by atoms with Crippen LogP contribution in [0.4, 0.5) is 11.4 Å². The zero-order valence-electron chi connectivity index (χ0n) is 20.1. The Morgan fingerprint density at radius 1 is 1.22 bits per heavy atom. The van der Waals surface area contributed by atoms with E-state index in [0.29, 0.717) is 11.3 Å². The van der Waals surface area contributed by atoms with Crippen LogP contribution in [0.1, 0.15) is 17.5 Å². The van der Waals surface area contributed by atoms with Gasteiger partial charge in [0.05, 0.1) is 11.6 Å². The second kappa shape index (κ2) is 8.62. The molecule has 4 atom stereocenters. The number of anilines is 1. The molecule has 192 valence electrons. The number of phenols is 1. The normalized spacial score (nSPS) is 27.5. The van der Waals surface area contributed by atoms with E-state index in [1.54, 1.807) is 44.1 Å². The fourth-order valence-electron chi connectivity index (χ4n) is 5.85. The maximum Gasteiger partial charge on any atom is 0.256 e. The minimum Gasteiger partial charge on any atom is -0.507 e. The van der Waals surface area contributed by atoms with Crippen molar-refractivity contribution in [1.29, 1.82) is 0 Å². The molecule has 3 aliphatic rings. The lowest BCUT2D eigenvalue weighted by Gasteiger charge is -2.50. The number of ketones is 2.